The van der Waals surface area contributed by atoms with Crippen molar-refractivity contribution in [1.82, 2.24) is 0 Å². The fraction of sp³-hybridized carbons (Fsp3) is 0.0870. The van der Waals surface area contributed by atoms with Gasteiger partial charge in [0, 0.05) is 25.3 Å². The molecule has 2 N–H and O–H groups in total. The van der Waals surface area contributed by atoms with Gasteiger partial charge in [-0.3, -0.25) is 10.2 Å². The third-order valence-electron chi connectivity index (χ3n) is 4.63. The van der Waals surface area contributed by atoms with Gasteiger partial charge < -0.3 is 14.5 Å². The number of halogens is 2. The maximum Gasteiger partial charge on any atom is 0.341 e. The number of hydrogen-bond donors (Lipinski definition) is 2. The van der Waals surface area contributed by atoms with E-state index in [4.69, 9.17) is 14.6 Å². The van der Waals surface area contributed by atoms with Crippen LogP contribution in [0, 0.1) is 5.41 Å². The molecule has 0 aliphatic rings. The van der Waals surface area contributed by atoms with Crippen LogP contribution in [-0.2, 0) is 4.74 Å². The molecule has 1 amide bonds. The Morgan fingerprint density at radius 3 is 2.53 bits per heavy atom. The molecular weight excluding hydrogens is 560 g/mol. The van der Waals surface area contributed by atoms with Crippen molar-refractivity contribution in [2.75, 3.05) is 11.9 Å². The van der Waals surface area contributed by atoms with E-state index in [2.05, 4.69) is 37.2 Å². The van der Waals surface area contributed by atoms with E-state index < -0.39 is 11.9 Å². The van der Waals surface area contributed by atoms with Gasteiger partial charge in [-0.2, -0.15) is 0 Å². The van der Waals surface area contributed by atoms with Gasteiger partial charge in [-0.05, 0) is 48.9 Å². The molecule has 4 aromatic rings. The van der Waals surface area contributed by atoms with Crippen LogP contribution >= 0.6 is 43.2 Å². The average Bonchev–Trinajstić information content (AvgIpc) is 3.17. The van der Waals surface area contributed by atoms with Gasteiger partial charge in [-0.25, -0.2) is 4.79 Å². The molecule has 0 unspecified atom stereocenters. The summed E-state index contributed by atoms with van der Waals surface area (Å²) in [4.78, 5) is 25.8. The molecule has 0 saturated carbocycles. The van der Waals surface area contributed by atoms with E-state index >= 15 is 0 Å². The van der Waals surface area contributed by atoms with Crippen molar-refractivity contribution in [3.05, 3.63) is 79.5 Å². The van der Waals surface area contributed by atoms with Crippen LogP contribution in [0.15, 0.2) is 67.3 Å². The van der Waals surface area contributed by atoms with Crippen LogP contribution in [-0.4, -0.2) is 18.5 Å². The molecule has 2 heterocycles. The Hall–Kier alpha value is -2.75. The van der Waals surface area contributed by atoms with Gasteiger partial charge in [0.05, 0.1) is 6.61 Å². The lowest BCUT2D eigenvalue weighted by Crippen LogP contribution is -2.21. The fourth-order valence-corrected chi connectivity index (χ4v) is 4.74. The lowest BCUT2D eigenvalue weighted by Gasteiger charge is -2.09. The van der Waals surface area contributed by atoms with Crippen molar-refractivity contribution in [3.63, 3.8) is 0 Å². The highest BCUT2D eigenvalue weighted by molar-refractivity contribution is 9.10. The first-order chi connectivity index (χ1) is 15.4. The number of ether oxygens (including phenoxy) is 1. The van der Waals surface area contributed by atoms with Gasteiger partial charge in [-0.15, -0.1) is 11.3 Å². The summed E-state index contributed by atoms with van der Waals surface area (Å²) in [5, 5.41) is 13.7. The van der Waals surface area contributed by atoms with Crippen molar-refractivity contribution in [3.8, 4) is 11.1 Å². The molecule has 0 aliphatic heterocycles. The Morgan fingerprint density at radius 1 is 1.09 bits per heavy atom. The molecule has 0 aliphatic carbocycles. The Morgan fingerprint density at radius 2 is 1.81 bits per heavy atom. The van der Waals surface area contributed by atoms with Crippen molar-refractivity contribution >= 4 is 71.0 Å². The molecule has 0 bridgehead atoms. The number of rotatable bonds is 5. The number of carbonyl (C=O) groups is 2. The number of amides is 1. The number of carbonyl (C=O) groups excluding carboxylic acids is 2. The maximum atomic E-state index is 13.0. The fourth-order valence-electron chi connectivity index (χ4n) is 3.15. The largest absolute Gasteiger partial charge is 0.462 e. The molecule has 6 nitrogen and oxygen atoms in total. The van der Waals surface area contributed by atoms with Crippen LogP contribution in [0.5, 0.6) is 0 Å². The molecule has 2 aromatic heterocycles. The zero-order chi connectivity index (χ0) is 22.8. The van der Waals surface area contributed by atoms with E-state index in [0.29, 0.717) is 21.5 Å². The third-order valence-corrected chi connectivity index (χ3v) is 6.54. The van der Waals surface area contributed by atoms with Crippen molar-refractivity contribution in [2.24, 2.45) is 0 Å². The molecule has 162 valence electrons. The van der Waals surface area contributed by atoms with E-state index in [0.717, 1.165) is 14.5 Å². The van der Waals surface area contributed by atoms with Crippen LogP contribution in [0.25, 0.3) is 22.1 Å². The van der Waals surface area contributed by atoms with E-state index in [1.807, 2.05) is 24.3 Å². The number of nitrogens with one attached hydrogen (secondary N) is 2. The van der Waals surface area contributed by atoms with Crippen molar-refractivity contribution in [1.29, 1.82) is 5.41 Å². The predicted molar refractivity (Wildman–Crippen MR) is 131 cm³/mol. The molecular formula is C23H16Br2N2O4S. The van der Waals surface area contributed by atoms with Gasteiger partial charge in [0.25, 0.3) is 5.91 Å². The first-order valence-electron chi connectivity index (χ1n) is 9.51. The molecule has 0 radical (unpaired) electrons. The lowest BCUT2D eigenvalue weighted by molar-refractivity contribution is 0.0529. The third kappa shape index (κ3) is 4.55. The minimum absolute atomic E-state index is 0.0593. The predicted octanol–water partition coefficient (Wildman–Crippen LogP) is 6.59. The Bertz CT molecular complexity index is 1390. The Kier molecular flexibility index (Phi) is 6.59. The first-order valence-corrected chi connectivity index (χ1v) is 12.0. The normalized spacial score (nSPS) is 10.8. The van der Waals surface area contributed by atoms with E-state index in [1.54, 1.807) is 36.6 Å². The maximum absolute atomic E-state index is 13.0. The van der Waals surface area contributed by atoms with Gasteiger partial charge in [0.1, 0.15) is 21.7 Å². The summed E-state index contributed by atoms with van der Waals surface area (Å²) in [5.41, 5.74) is 2.05. The topological polar surface area (TPSA) is 92.4 Å². The SMILES string of the molecule is CCOC(=O)c1c(-c2ccc(Br)cc2)csc1NC(=O)c1cc2cc(Br)ccc2oc1=N. The molecule has 0 fully saturated rings. The summed E-state index contributed by atoms with van der Waals surface area (Å²) >= 11 is 8.02. The Balaban J connectivity index is 1.74. The zero-order valence-corrected chi connectivity index (χ0v) is 20.7. The van der Waals surface area contributed by atoms with Crippen LogP contribution in [0.2, 0.25) is 0 Å². The number of anilines is 1. The number of fused-ring (bicyclic) bond motifs is 1. The van der Waals surface area contributed by atoms with Crippen molar-refractivity contribution < 1.29 is 18.7 Å². The highest BCUT2D eigenvalue weighted by atomic mass is 79.9. The molecule has 32 heavy (non-hydrogen) atoms. The molecule has 0 spiro atoms. The van der Waals surface area contributed by atoms with Gasteiger partial charge in [0.2, 0.25) is 5.55 Å². The zero-order valence-electron chi connectivity index (χ0n) is 16.7. The second kappa shape index (κ2) is 9.40. The first kappa shape index (κ1) is 22.4. The minimum atomic E-state index is -0.546. The molecule has 0 atom stereocenters. The number of benzene rings is 2. The summed E-state index contributed by atoms with van der Waals surface area (Å²) in [6, 6.07) is 14.4. The molecule has 2 aromatic carbocycles. The van der Waals surface area contributed by atoms with Crippen LogP contribution < -0.4 is 10.9 Å². The van der Waals surface area contributed by atoms with Gasteiger partial charge in [0.15, 0.2) is 0 Å². The number of thiophene rings is 1. The average molecular weight is 576 g/mol. The molecule has 0 saturated heterocycles. The number of hydrogen-bond acceptors (Lipinski definition) is 6. The lowest BCUT2D eigenvalue weighted by atomic mass is 10.0. The number of esters is 1. The van der Waals surface area contributed by atoms with Crippen molar-refractivity contribution in [2.45, 2.75) is 6.92 Å². The highest BCUT2D eigenvalue weighted by Crippen LogP contribution is 2.37. The highest BCUT2D eigenvalue weighted by Gasteiger charge is 2.24. The standard InChI is InChI=1S/C23H16Br2N2O4S/c1-2-30-23(29)19-17(12-3-5-14(24)6-4-12)11-32-22(19)27-21(28)16-10-13-9-15(25)7-8-18(13)31-20(16)26/h3-11,26H,2H2,1H3,(H,27,28). The summed E-state index contributed by atoms with van der Waals surface area (Å²) in [7, 11) is 0. The second-order valence-corrected chi connectivity index (χ2v) is 9.42. The van der Waals surface area contributed by atoms with Crippen LogP contribution in [0.4, 0.5) is 5.00 Å². The smallest absolute Gasteiger partial charge is 0.341 e. The van der Waals surface area contributed by atoms with E-state index in [1.165, 1.54) is 11.3 Å². The Labute approximate surface area is 204 Å². The summed E-state index contributed by atoms with van der Waals surface area (Å²) in [6.45, 7) is 1.93. The van der Waals surface area contributed by atoms with Gasteiger partial charge in [-0.1, -0.05) is 44.0 Å². The van der Waals surface area contributed by atoms with E-state index in [9.17, 15) is 9.59 Å². The summed E-state index contributed by atoms with van der Waals surface area (Å²) in [6.07, 6.45) is 0. The molecule has 4 rings (SSSR count). The minimum Gasteiger partial charge on any atom is -0.462 e. The van der Waals surface area contributed by atoms with E-state index in [-0.39, 0.29) is 23.3 Å². The summed E-state index contributed by atoms with van der Waals surface area (Å²) in [5.74, 6) is -1.07. The quantitative estimate of drug-likeness (QED) is 0.262. The molecule has 9 heteroatoms. The summed E-state index contributed by atoms with van der Waals surface area (Å²) < 4.78 is 12.5. The second-order valence-electron chi connectivity index (χ2n) is 6.71. The monoisotopic (exact) mass is 574 g/mol. The van der Waals surface area contributed by atoms with Crippen LogP contribution in [0.3, 0.4) is 0 Å². The van der Waals surface area contributed by atoms with Crippen LogP contribution in [0.1, 0.15) is 27.6 Å². The van der Waals surface area contributed by atoms with Gasteiger partial charge >= 0.3 is 5.97 Å².